The number of hydrogen-bond donors (Lipinski definition) is 1. The second-order valence-electron chi connectivity index (χ2n) is 8.72. The topological polar surface area (TPSA) is 70.1 Å². The van der Waals surface area contributed by atoms with Gasteiger partial charge in [0.1, 0.15) is 0 Å². The number of nitrogens with zero attached hydrogens (tertiary/aromatic N) is 4. The summed E-state index contributed by atoms with van der Waals surface area (Å²) in [5.74, 6) is 1.64. The lowest BCUT2D eigenvalue weighted by Crippen LogP contribution is -2.45. The maximum atomic E-state index is 12.6. The first kappa shape index (κ1) is 20.5. The molecule has 1 aromatic carbocycles. The van der Waals surface area contributed by atoms with Crippen molar-refractivity contribution < 1.29 is 9.63 Å². The maximum Gasteiger partial charge on any atom is 0.223 e. The van der Waals surface area contributed by atoms with E-state index in [-0.39, 0.29) is 17.9 Å². The molecule has 31 heavy (non-hydrogen) atoms. The van der Waals surface area contributed by atoms with E-state index in [4.69, 9.17) is 4.84 Å². The number of rotatable bonds is 5. The number of nitrogens with one attached hydrogen (secondary N) is 1. The predicted molar refractivity (Wildman–Crippen MR) is 121 cm³/mol. The van der Waals surface area contributed by atoms with Crippen molar-refractivity contribution in [3.63, 3.8) is 0 Å². The molecule has 4 heterocycles. The summed E-state index contributed by atoms with van der Waals surface area (Å²) >= 11 is 1.70. The van der Waals surface area contributed by atoms with Gasteiger partial charge in [0.2, 0.25) is 5.91 Å². The molecule has 0 aliphatic carbocycles. The molecule has 1 N–H and O–H groups in total. The van der Waals surface area contributed by atoms with Crippen LogP contribution < -0.4 is 5.32 Å². The van der Waals surface area contributed by atoms with Gasteiger partial charge >= 0.3 is 0 Å². The van der Waals surface area contributed by atoms with Crippen LogP contribution in [0.3, 0.4) is 0 Å². The highest BCUT2D eigenvalue weighted by Gasteiger charge is 2.45. The van der Waals surface area contributed by atoms with E-state index in [1.54, 1.807) is 11.3 Å². The second-order valence-corrected chi connectivity index (χ2v) is 9.78. The average molecular weight is 440 g/mol. The molecule has 7 nitrogen and oxygen atoms in total. The first-order valence-electron chi connectivity index (χ1n) is 11.1. The number of amidine groups is 1. The molecule has 2 fully saturated rings. The van der Waals surface area contributed by atoms with E-state index in [9.17, 15) is 4.79 Å². The van der Waals surface area contributed by atoms with Crippen LogP contribution in [-0.2, 0) is 22.7 Å². The third-order valence-electron chi connectivity index (χ3n) is 6.51. The molecule has 0 bridgehead atoms. The number of piperidine rings is 1. The van der Waals surface area contributed by atoms with Crippen molar-refractivity contribution in [1.82, 2.24) is 20.1 Å². The maximum absolute atomic E-state index is 12.6. The standard InChI is InChI=1S/C23H29N5O2S/c1-16-25-19(15-31-16)12-27-13-20-21(14-27)30-26-22(20)28-9-7-18(8-10-28)23(29)24-11-17-5-3-2-4-6-17/h2-6,15,18,20-21H,7-14H2,1H3,(H,24,29)/t20-,21+/m0/s1. The normalized spacial score (nSPS) is 24.0. The number of aromatic nitrogens is 1. The van der Waals surface area contributed by atoms with E-state index in [0.717, 1.165) is 67.7 Å². The molecule has 1 aromatic heterocycles. The molecule has 0 spiro atoms. The molecule has 1 amide bonds. The van der Waals surface area contributed by atoms with Crippen LogP contribution in [0, 0.1) is 18.8 Å². The van der Waals surface area contributed by atoms with E-state index in [1.165, 1.54) is 0 Å². The Labute approximate surface area is 187 Å². The summed E-state index contributed by atoms with van der Waals surface area (Å²) in [6.45, 7) is 7.09. The third-order valence-corrected chi connectivity index (χ3v) is 7.33. The van der Waals surface area contributed by atoms with E-state index < -0.39 is 0 Å². The number of likely N-dealkylation sites (tertiary alicyclic amines) is 2. The molecule has 0 saturated carbocycles. The minimum atomic E-state index is 0.0756. The molecule has 2 atom stereocenters. The average Bonchev–Trinajstić information content (AvgIpc) is 3.49. The van der Waals surface area contributed by atoms with Crippen molar-refractivity contribution in [1.29, 1.82) is 0 Å². The summed E-state index contributed by atoms with van der Waals surface area (Å²) in [7, 11) is 0. The summed E-state index contributed by atoms with van der Waals surface area (Å²) in [6.07, 6.45) is 1.86. The number of hydrogen-bond acceptors (Lipinski definition) is 7. The van der Waals surface area contributed by atoms with Gasteiger partial charge in [-0.3, -0.25) is 9.69 Å². The molecule has 8 heteroatoms. The fourth-order valence-electron chi connectivity index (χ4n) is 4.83. The van der Waals surface area contributed by atoms with Crippen LogP contribution in [-0.4, -0.2) is 58.8 Å². The third kappa shape index (κ3) is 4.60. The molecule has 0 unspecified atom stereocenters. The smallest absolute Gasteiger partial charge is 0.223 e. The van der Waals surface area contributed by atoms with Crippen LogP contribution in [0.4, 0.5) is 0 Å². The fraction of sp³-hybridized carbons (Fsp3) is 0.522. The summed E-state index contributed by atoms with van der Waals surface area (Å²) in [5.41, 5.74) is 2.28. The van der Waals surface area contributed by atoms with Crippen LogP contribution in [0.1, 0.15) is 29.1 Å². The highest BCUT2D eigenvalue weighted by Crippen LogP contribution is 2.31. The SMILES string of the molecule is Cc1nc(CN2C[C@@H]3C(N4CCC(C(=O)NCc5ccccc5)CC4)=NO[C@@H]3C2)cs1. The van der Waals surface area contributed by atoms with Gasteiger partial charge in [0.25, 0.3) is 0 Å². The zero-order valence-corrected chi connectivity index (χ0v) is 18.7. The van der Waals surface area contributed by atoms with E-state index in [0.29, 0.717) is 12.5 Å². The molecule has 3 aliphatic heterocycles. The minimum Gasteiger partial charge on any atom is -0.389 e. The molecule has 2 saturated heterocycles. The number of oxime groups is 1. The van der Waals surface area contributed by atoms with Crippen molar-refractivity contribution in [2.45, 2.75) is 39.0 Å². The first-order valence-corrected chi connectivity index (χ1v) is 12.0. The molecule has 2 aromatic rings. The van der Waals surface area contributed by atoms with Crippen molar-refractivity contribution >= 4 is 23.1 Å². The van der Waals surface area contributed by atoms with Gasteiger partial charge in [-0.25, -0.2) is 4.98 Å². The Hall–Kier alpha value is -2.45. The lowest BCUT2D eigenvalue weighted by Gasteiger charge is -2.33. The predicted octanol–water partition coefficient (Wildman–Crippen LogP) is 2.62. The zero-order valence-electron chi connectivity index (χ0n) is 17.9. The highest BCUT2D eigenvalue weighted by molar-refractivity contribution is 7.09. The summed E-state index contributed by atoms with van der Waals surface area (Å²) in [6, 6.07) is 10.1. The van der Waals surface area contributed by atoms with Gasteiger partial charge in [-0.1, -0.05) is 35.5 Å². The van der Waals surface area contributed by atoms with Crippen molar-refractivity contribution in [3.05, 3.63) is 52.0 Å². The number of amides is 1. The van der Waals surface area contributed by atoms with Gasteiger partial charge in [0.05, 0.1) is 16.6 Å². The van der Waals surface area contributed by atoms with Gasteiger partial charge < -0.3 is 15.1 Å². The van der Waals surface area contributed by atoms with Gasteiger partial charge in [-0.2, -0.15) is 0 Å². The Morgan fingerprint density at radius 2 is 2.03 bits per heavy atom. The molecular weight excluding hydrogens is 410 g/mol. The number of benzene rings is 1. The lowest BCUT2D eigenvalue weighted by atomic mass is 9.94. The molecule has 164 valence electrons. The Kier molecular flexibility index (Phi) is 5.91. The quantitative estimate of drug-likeness (QED) is 0.776. The van der Waals surface area contributed by atoms with E-state index in [1.807, 2.05) is 37.3 Å². The van der Waals surface area contributed by atoms with Crippen LogP contribution in [0.2, 0.25) is 0 Å². The van der Waals surface area contributed by atoms with Crippen molar-refractivity contribution in [2.75, 3.05) is 26.2 Å². The minimum absolute atomic E-state index is 0.0756. The molecule has 3 aliphatic rings. The van der Waals surface area contributed by atoms with E-state index >= 15 is 0 Å². The zero-order chi connectivity index (χ0) is 21.2. The summed E-state index contributed by atoms with van der Waals surface area (Å²) in [4.78, 5) is 27.7. The Bertz CT molecular complexity index is 938. The van der Waals surface area contributed by atoms with Gasteiger partial charge in [0, 0.05) is 50.6 Å². The molecule has 5 rings (SSSR count). The lowest BCUT2D eigenvalue weighted by molar-refractivity contribution is -0.126. The summed E-state index contributed by atoms with van der Waals surface area (Å²) < 4.78 is 0. The number of thiazole rings is 1. The Morgan fingerprint density at radius 1 is 1.23 bits per heavy atom. The van der Waals surface area contributed by atoms with Crippen LogP contribution in [0.25, 0.3) is 0 Å². The van der Waals surface area contributed by atoms with Crippen LogP contribution in [0.5, 0.6) is 0 Å². The number of aryl methyl sites for hydroxylation is 1. The Morgan fingerprint density at radius 3 is 2.77 bits per heavy atom. The van der Waals surface area contributed by atoms with Gasteiger partial charge in [-0.05, 0) is 25.3 Å². The first-order chi connectivity index (χ1) is 15.2. The Balaban J connectivity index is 1.10. The van der Waals surface area contributed by atoms with Gasteiger partial charge in [0.15, 0.2) is 11.9 Å². The number of carbonyl (C=O) groups excluding carboxylic acids is 1. The van der Waals surface area contributed by atoms with E-state index in [2.05, 4.69) is 30.6 Å². The van der Waals surface area contributed by atoms with Crippen LogP contribution >= 0.6 is 11.3 Å². The molecular formula is C23H29N5O2S. The second kappa shape index (κ2) is 8.96. The summed E-state index contributed by atoms with van der Waals surface area (Å²) in [5, 5.41) is 10.8. The van der Waals surface area contributed by atoms with Crippen molar-refractivity contribution in [3.8, 4) is 0 Å². The van der Waals surface area contributed by atoms with Crippen molar-refractivity contribution in [2.24, 2.45) is 17.0 Å². The monoisotopic (exact) mass is 439 g/mol. The fourth-order valence-corrected chi connectivity index (χ4v) is 5.43. The van der Waals surface area contributed by atoms with Gasteiger partial charge in [-0.15, -0.1) is 11.3 Å². The highest BCUT2D eigenvalue weighted by atomic mass is 32.1. The number of carbonyl (C=O) groups is 1. The molecule has 0 radical (unpaired) electrons. The number of fused-ring (bicyclic) bond motifs is 1. The largest absolute Gasteiger partial charge is 0.389 e. The van der Waals surface area contributed by atoms with Crippen LogP contribution in [0.15, 0.2) is 40.9 Å².